The summed E-state index contributed by atoms with van der Waals surface area (Å²) in [6.45, 7) is 5.54. The monoisotopic (exact) mass is 262 g/mol. The van der Waals surface area contributed by atoms with Crippen LogP contribution in [0.25, 0.3) is 0 Å². The van der Waals surface area contributed by atoms with Gasteiger partial charge < -0.3 is 9.84 Å². The van der Waals surface area contributed by atoms with Crippen molar-refractivity contribution in [3.8, 4) is 5.75 Å². The van der Waals surface area contributed by atoms with E-state index >= 15 is 0 Å². The Balaban J connectivity index is 3.08. The Labute approximate surface area is 104 Å². The number of aryl methyl sites for hydroxylation is 2. The van der Waals surface area contributed by atoms with Crippen LogP contribution < -0.4 is 4.74 Å². The lowest BCUT2D eigenvalue weighted by atomic mass is 9.97. The number of aliphatic hydroxyl groups excluding tert-OH is 1. The second kappa shape index (κ2) is 5.61. The Hall–Kier alpha value is -1.23. The minimum Gasteiger partial charge on any atom is -0.494 e. The van der Waals surface area contributed by atoms with Crippen molar-refractivity contribution in [2.45, 2.75) is 39.5 Å². The van der Waals surface area contributed by atoms with Crippen molar-refractivity contribution in [2.24, 2.45) is 0 Å². The zero-order valence-corrected chi connectivity index (χ0v) is 10.6. The Bertz CT molecular complexity index is 390. The Morgan fingerprint density at radius 3 is 2.11 bits per heavy atom. The quantitative estimate of drug-likeness (QED) is 0.896. The highest BCUT2D eigenvalue weighted by atomic mass is 19.4. The fourth-order valence-corrected chi connectivity index (χ4v) is 1.83. The highest BCUT2D eigenvalue weighted by Crippen LogP contribution is 2.37. The van der Waals surface area contributed by atoms with Crippen molar-refractivity contribution < 1.29 is 23.0 Å². The first-order chi connectivity index (χ1) is 8.27. The molecule has 0 aromatic heterocycles. The molecule has 5 heteroatoms. The van der Waals surface area contributed by atoms with Crippen LogP contribution in [0.1, 0.15) is 36.1 Å². The molecule has 0 saturated heterocycles. The standard InChI is InChI=1S/C13H17F3O2/c1-4-5-18-10-6-8(2)11(9(3)7-10)12(17)13(14,15)16/h6-7,12,17H,4-5H2,1-3H3. The molecule has 0 heterocycles. The predicted octanol–water partition coefficient (Wildman–Crippen LogP) is 3.69. The topological polar surface area (TPSA) is 29.5 Å². The van der Waals surface area contributed by atoms with E-state index in [0.717, 1.165) is 6.42 Å². The summed E-state index contributed by atoms with van der Waals surface area (Å²) in [5, 5.41) is 9.32. The smallest absolute Gasteiger partial charge is 0.418 e. The van der Waals surface area contributed by atoms with Gasteiger partial charge in [0, 0.05) is 0 Å². The third kappa shape index (κ3) is 3.38. The first kappa shape index (κ1) is 14.8. The summed E-state index contributed by atoms with van der Waals surface area (Å²) >= 11 is 0. The second-order valence-corrected chi connectivity index (χ2v) is 4.26. The number of ether oxygens (including phenoxy) is 1. The van der Waals surface area contributed by atoms with Gasteiger partial charge in [-0.3, -0.25) is 0 Å². The van der Waals surface area contributed by atoms with E-state index in [9.17, 15) is 18.3 Å². The molecule has 0 bridgehead atoms. The molecular weight excluding hydrogens is 245 g/mol. The van der Waals surface area contributed by atoms with Crippen LogP contribution in [0.3, 0.4) is 0 Å². The van der Waals surface area contributed by atoms with E-state index < -0.39 is 12.3 Å². The fraction of sp³-hybridized carbons (Fsp3) is 0.538. The lowest BCUT2D eigenvalue weighted by Gasteiger charge is -2.20. The Morgan fingerprint density at radius 1 is 1.22 bits per heavy atom. The van der Waals surface area contributed by atoms with Crippen molar-refractivity contribution >= 4 is 0 Å². The molecule has 1 N–H and O–H groups in total. The Kier molecular flexibility index (Phi) is 4.62. The van der Waals surface area contributed by atoms with Gasteiger partial charge in [0.25, 0.3) is 0 Å². The average Bonchev–Trinajstić information content (AvgIpc) is 2.24. The van der Waals surface area contributed by atoms with Gasteiger partial charge >= 0.3 is 6.18 Å². The van der Waals surface area contributed by atoms with Gasteiger partial charge in [-0.2, -0.15) is 13.2 Å². The van der Waals surface area contributed by atoms with Crippen LogP contribution in [0.5, 0.6) is 5.75 Å². The normalized spacial score (nSPS) is 13.5. The predicted molar refractivity (Wildman–Crippen MR) is 62.7 cm³/mol. The zero-order valence-electron chi connectivity index (χ0n) is 10.6. The van der Waals surface area contributed by atoms with Crippen molar-refractivity contribution in [1.29, 1.82) is 0 Å². The van der Waals surface area contributed by atoms with E-state index in [1.807, 2.05) is 6.92 Å². The van der Waals surface area contributed by atoms with E-state index in [2.05, 4.69) is 0 Å². The van der Waals surface area contributed by atoms with E-state index in [1.54, 1.807) is 0 Å². The van der Waals surface area contributed by atoms with E-state index in [0.29, 0.717) is 23.5 Å². The minimum absolute atomic E-state index is 0.0913. The van der Waals surface area contributed by atoms with Crippen LogP contribution >= 0.6 is 0 Å². The van der Waals surface area contributed by atoms with E-state index in [4.69, 9.17) is 4.74 Å². The third-order valence-corrected chi connectivity index (χ3v) is 2.62. The molecule has 0 spiro atoms. The van der Waals surface area contributed by atoms with Crippen LogP contribution in [0.15, 0.2) is 12.1 Å². The van der Waals surface area contributed by atoms with Gasteiger partial charge in [0.2, 0.25) is 0 Å². The summed E-state index contributed by atoms with van der Waals surface area (Å²) in [5.41, 5.74) is 0.670. The SMILES string of the molecule is CCCOc1cc(C)c(C(O)C(F)(F)F)c(C)c1. The number of benzene rings is 1. The fourth-order valence-electron chi connectivity index (χ4n) is 1.83. The van der Waals surface area contributed by atoms with Crippen molar-refractivity contribution in [1.82, 2.24) is 0 Å². The second-order valence-electron chi connectivity index (χ2n) is 4.26. The molecule has 0 radical (unpaired) electrons. The maximum Gasteiger partial charge on any atom is 0.418 e. The number of hydrogen-bond acceptors (Lipinski definition) is 2. The minimum atomic E-state index is -4.65. The molecule has 2 nitrogen and oxygen atoms in total. The van der Waals surface area contributed by atoms with Crippen molar-refractivity contribution in [3.05, 3.63) is 28.8 Å². The molecule has 0 amide bonds. The molecule has 0 aliphatic rings. The number of hydrogen-bond donors (Lipinski definition) is 1. The summed E-state index contributed by atoms with van der Waals surface area (Å²) in [4.78, 5) is 0. The van der Waals surface area contributed by atoms with Gasteiger partial charge in [0.15, 0.2) is 6.10 Å². The molecule has 0 saturated carbocycles. The maximum absolute atomic E-state index is 12.5. The molecule has 102 valence electrons. The Morgan fingerprint density at radius 2 is 1.72 bits per heavy atom. The van der Waals surface area contributed by atoms with Gasteiger partial charge in [0.1, 0.15) is 5.75 Å². The van der Waals surface area contributed by atoms with E-state index in [-0.39, 0.29) is 5.56 Å². The van der Waals surface area contributed by atoms with Crippen LogP contribution in [0, 0.1) is 13.8 Å². The summed E-state index contributed by atoms with van der Waals surface area (Å²) in [5.74, 6) is 0.532. The van der Waals surface area contributed by atoms with Crippen LogP contribution in [-0.4, -0.2) is 17.9 Å². The molecule has 18 heavy (non-hydrogen) atoms. The number of alkyl halides is 3. The number of aliphatic hydroxyl groups is 1. The molecular formula is C13H17F3O2. The molecule has 0 fully saturated rings. The largest absolute Gasteiger partial charge is 0.494 e. The van der Waals surface area contributed by atoms with Crippen molar-refractivity contribution in [2.75, 3.05) is 6.61 Å². The molecule has 1 atom stereocenters. The van der Waals surface area contributed by atoms with Gasteiger partial charge in [-0.25, -0.2) is 0 Å². The zero-order chi connectivity index (χ0) is 13.9. The summed E-state index contributed by atoms with van der Waals surface area (Å²) in [6, 6.07) is 3.04. The first-order valence-corrected chi connectivity index (χ1v) is 5.76. The highest BCUT2D eigenvalue weighted by molar-refractivity contribution is 5.42. The van der Waals surface area contributed by atoms with Gasteiger partial charge in [-0.05, 0) is 49.1 Å². The van der Waals surface area contributed by atoms with Gasteiger partial charge in [-0.1, -0.05) is 6.92 Å². The van der Waals surface area contributed by atoms with Crippen LogP contribution in [-0.2, 0) is 0 Å². The maximum atomic E-state index is 12.5. The van der Waals surface area contributed by atoms with Crippen LogP contribution in [0.4, 0.5) is 13.2 Å². The average molecular weight is 262 g/mol. The van der Waals surface area contributed by atoms with Gasteiger partial charge in [-0.15, -0.1) is 0 Å². The highest BCUT2D eigenvalue weighted by Gasteiger charge is 2.40. The van der Waals surface area contributed by atoms with Crippen LogP contribution in [0.2, 0.25) is 0 Å². The summed E-state index contributed by atoms with van der Waals surface area (Å²) < 4.78 is 42.9. The lowest BCUT2D eigenvalue weighted by Crippen LogP contribution is -2.22. The molecule has 0 aliphatic carbocycles. The molecule has 1 aromatic carbocycles. The first-order valence-electron chi connectivity index (χ1n) is 5.76. The van der Waals surface area contributed by atoms with Gasteiger partial charge in [0.05, 0.1) is 6.61 Å². The van der Waals surface area contributed by atoms with E-state index in [1.165, 1.54) is 26.0 Å². The summed E-state index contributed by atoms with van der Waals surface area (Å²) in [6.07, 6.45) is -6.27. The lowest BCUT2D eigenvalue weighted by molar-refractivity contribution is -0.207. The molecule has 1 unspecified atom stereocenters. The molecule has 0 aliphatic heterocycles. The molecule has 1 aromatic rings. The third-order valence-electron chi connectivity index (χ3n) is 2.62. The van der Waals surface area contributed by atoms with Crippen molar-refractivity contribution in [3.63, 3.8) is 0 Å². The number of halogens is 3. The summed E-state index contributed by atoms with van der Waals surface area (Å²) in [7, 11) is 0. The molecule has 1 rings (SSSR count). The number of rotatable bonds is 4.